The van der Waals surface area contributed by atoms with E-state index in [4.69, 9.17) is 16.3 Å². The lowest BCUT2D eigenvalue weighted by Gasteiger charge is -2.34. The maximum Gasteiger partial charge on any atom is 0.421 e. The topological polar surface area (TPSA) is 21.3 Å². The monoisotopic (exact) mass is 347 g/mol. The predicted molar refractivity (Wildman–Crippen MR) is 83.9 cm³/mol. The third kappa shape index (κ3) is 3.77. The maximum absolute atomic E-state index is 13.3. The first-order valence-electron chi connectivity index (χ1n) is 8.18. The zero-order valence-corrected chi connectivity index (χ0v) is 13.6. The van der Waals surface area contributed by atoms with Gasteiger partial charge in [-0.1, -0.05) is 17.7 Å². The quantitative estimate of drug-likeness (QED) is 0.809. The molecule has 3 rings (SSSR count). The van der Waals surface area contributed by atoms with Crippen LogP contribution in [0.2, 0.25) is 5.02 Å². The lowest BCUT2D eigenvalue weighted by Crippen LogP contribution is -2.40. The second kappa shape index (κ2) is 6.52. The summed E-state index contributed by atoms with van der Waals surface area (Å²) in [5, 5.41) is 3.12. The Morgan fingerprint density at radius 1 is 1.22 bits per heavy atom. The summed E-state index contributed by atoms with van der Waals surface area (Å²) >= 11 is 5.80. The number of hydrogen-bond acceptors (Lipinski definition) is 2. The fourth-order valence-electron chi connectivity index (χ4n) is 3.84. The normalized spacial score (nSPS) is 24.1. The van der Waals surface area contributed by atoms with Crippen LogP contribution < -0.4 is 10.1 Å². The van der Waals surface area contributed by atoms with Gasteiger partial charge in [-0.25, -0.2) is 0 Å². The average Bonchev–Trinajstić information content (AvgIpc) is 3.10. The molecule has 1 unspecified atom stereocenters. The molecule has 2 fully saturated rings. The minimum absolute atomic E-state index is 0.134. The second-order valence-corrected chi connectivity index (χ2v) is 7.01. The van der Waals surface area contributed by atoms with E-state index in [2.05, 4.69) is 5.32 Å². The molecule has 6 heteroatoms. The number of benzene rings is 1. The number of halogens is 4. The Morgan fingerprint density at radius 3 is 2.57 bits per heavy atom. The Kier molecular flexibility index (Phi) is 4.79. The van der Waals surface area contributed by atoms with E-state index in [0.717, 1.165) is 51.5 Å². The fraction of sp³-hybridized carbons (Fsp3) is 0.647. The Balaban J connectivity index is 1.87. The molecule has 1 saturated heterocycles. The second-order valence-electron chi connectivity index (χ2n) is 6.60. The first-order valence-corrected chi connectivity index (χ1v) is 8.56. The molecule has 1 aliphatic carbocycles. The number of alkyl halides is 3. The van der Waals surface area contributed by atoms with Gasteiger partial charge in [-0.05, 0) is 57.2 Å². The molecule has 1 saturated carbocycles. The van der Waals surface area contributed by atoms with Gasteiger partial charge in [0.15, 0.2) is 0 Å². The van der Waals surface area contributed by atoms with Crippen molar-refractivity contribution < 1.29 is 17.9 Å². The molecule has 23 heavy (non-hydrogen) atoms. The van der Waals surface area contributed by atoms with Crippen LogP contribution in [0, 0.1) is 0 Å². The van der Waals surface area contributed by atoms with Crippen molar-refractivity contribution in [1.82, 2.24) is 5.32 Å². The van der Waals surface area contributed by atoms with Gasteiger partial charge in [0.1, 0.15) is 16.9 Å². The Bertz CT molecular complexity index is 549. The van der Waals surface area contributed by atoms with Crippen LogP contribution in [0.1, 0.15) is 50.5 Å². The molecule has 1 aliphatic heterocycles. The third-order valence-corrected chi connectivity index (χ3v) is 5.20. The summed E-state index contributed by atoms with van der Waals surface area (Å²) in [5.41, 5.74) is -1.36. The van der Waals surface area contributed by atoms with E-state index >= 15 is 0 Å². The highest BCUT2D eigenvalue weighted by atomic mass is 35.5. The van der Waals surface area contributed by atoms with Crippen molar-refractivity contribution in [2.45, 2.75) is 62.8 Å². The number of nitrogens with one attached hydrogen (secondary N) is 1. The molecule has 1 atom stereocenters. The molecule has 2 aliphatic rings. The summed E-state index contributed by atoms with van der Waals surface area (Å²) in [4.78, 5) is 0. The fourth-order valence-corrected chi connectivity index (χ4v) is 4.12. The maximum atomic E-state index is 13.3. The smallest absolute Gasteiger partial charge is 0.421 e. The van der Waals surface area contributed by atoms with Crippen LogP contribution >= 0.6 is 11.6 Å². The molecule has 1 aromatic carbocycles. The third-order valence-electron chi connectivity index (χ3n) is 4.88. The molecule has 1 aromatic rings. The molecule has 128 valence electrons. The average molecular weight is 348 g/mol. The summed E-state index contributed by atoms with van der Waals surface area (Å²) < 4.78 is 46.0. The highest BCUT2D eigenvalue weighted by Gasteiger charge is 2.43. The van der Waals surface area contributed by atoms with Crippen LogP contribution in [-0.4, -0.2) is 18.2 Å². The van der Waals surface area contributed by atoms with Crippen LogP contribution in [0.25, 0.3) is 0 Å². The van der Waals surface area contributed by atoms with Crippen molar-refractivity contribution >= 4 is 11.6 Å². The summed E-state index contributed by atoms with van der Waals surface area (Å²) in [6.07, 6.45) is 2.02. The minimum atomic E-state index is -4.51. The molecule has 0 radical (unpaired) electrons. The molecular formula is C17H21ClF3NO. The van der Waals surface area contributed by atoms with E-state index in [1.165, 1.54) is 18.2 Å². The highest BCUT2D eigenvalue weighted by molar-refractivity contribution is 6.31. The van der Waals surface area contributed by atoms with Gasteiger partial charge < -0.3 is 10.1 Å². The van der Waals surface area contributed by atoms with Crippen LogP contribution in [0.15, 0.2) is 18.2 Å². The number of ether oxygens (including phenoxy) is 1. The van der Waals surface area contributed by atoms with Crippen molar-refractivity contribution in [3.05, 3.63) is 28.8 Å². The zero-order valence-electron chi connectivity index (χ0n) is 12.9. The predicted octanol–water partition coefficient (Wildman–Crippen LogP) is 5.19. The SMILES string of the molecule is FC(F)(F)c1c(Cl)cccc1OC1(CC2CCCN2)CCCC1. The summed E-state index contributed by atoms with van der Waals surface area (Å²) in [6.45, 7) is 0.978. The van der Waals surface area contributed by atoms with E-state index in [-0.39, 0.29) is 10.8 Å². The highest BCUT2D eigenvalue weighted by Crippen LogP contribution is 2.45. The van der Waals surface area contributed by atoms with E-state index in [0.29, 0.717) is 6.04 Å². The van der Waals surface area contributed by atoms with E-state index in [9.17, 15) is 13.2 Å². The Morgan fingerprint density at radius 2 is 1.96 bits per heavy atom. The van der Waals surface area contributed by atoms with Gasteiger partial charge in [0, 0.05) is 12.5 Å². The minimum Gasteiger partial charge on any atom is -0.487 e. The van der Waals surface area contributed by atoms with E-state index < -0.39 is 17.3 Å². The summed E-state index contributed by atoms with van der Waals surface area (Å²) in [5.74, 6) is -0.134. The molecule has 0 bridgehead atoms. The van der Waals surface area contributed by atoms with Crippen LogP contribution in [0.5, 0.6) is 5.75 Å². The first-order chi connectivity index (χ1) is 10.9. The van der Waals surface area contributed by atoms with Crippen molar-refractivity contribution in [3.63, 3.8) is 0 Å². The van der Waals surface area contributed by atoms with E-state index in [1.54, 1.807) is 0 Å². The lowest BCUT2D eigenvalue weighted by atomic mass is 9.91. The standard InChI is InChI=1S/C17H21ClF3NO/c18-13-6-3-7-14(15(13)17(19,20)21)23-16(8-1-2-9-16)11-12-5-4-10-22-12/h3,6-7,12,22H,1-2,4-5,8-11H2. The molecule has 2 nitrogen and oxygen atoms in total. The van der Waals surface area contributed by atoms with Crippen molar-refractivity contribution in [2.75, 3.05) is 6.54 Å². The van der Waals surface area contributed by atoms with Crippen molar-refractivity contribution in [1.29, 1.82) is 0 Å². The van der Waals surface area contributed by atoms with Gasteiger partial charge >= 0.3 is 6.18 Å². The molecule has 1 heterocycles. The summed E-state index contributed by atoms with van der Waals surface area (Å²) in [7, 11) is 0. The Labute approximate surface area is 139 Å². The lowest BCUT2D eigenvalue weighted by molar-refractivity contribution is -0.140. The van der Waals surface area contributed by atoms with Gasteiger partial charge in [-0.2, -0.15) is 13.2 Å². The number of hydrogen-bond donors (Lipinski definition) is 1. The van der Waals surface area contributed by atoms with Gasteiger partial charge in [-0.15, -0.1) is 0 Å². The van der Waals surface area contributed by atoms with Gasteiger partial charge in [-0.3, -0.25) is 0 Å². The van der Waals surface area contributed by atoms with Gasteiger partial charge in [0.2, 0.25) is 0 Å². The molecule has 0 amide bonds. The summed E-state index contributed by atoms with van der Waals surface area (Å²) in [6, 6.07) is 4.50. The van der Waals surface area contributed by atoms with Crippen molar-refractivity contribution in [2.24, 2.45) is 0 Å². The van der Waals surface area contributed by atoms with Crippen LogP contribution in [-0.2, 0) is 6.18 Å². The first kappa shape index (κ1) is 16.9. The van der Waals surface area contributed by atoms with Crippen LogP contribution in [0.4, 0.5) is 13.2 Å². The zero-order chi connectivity index (χ0) is 16.5. The largest absolute Gasteiger partial charge is 0.487 e. The number of rotatable bonds is 4. The van der Waals surface area contributed by atoms with Crippen molar-refractivity contribution in [3.8, 4) is 5.75 Å². The van der Waals surface area contributed by atoms with Crippen LogP contribution in [0.3, 0.4) is 0 Å². The van der Waals surface area contributed by atoms with Gasteiger partial charge in [0.25, 0.3) is 0 Å². The molecule has 0 spiro atoms. The Hall–Kier alpha value is -0.940. The molecule has 1 N–H and O–H groups in total. The van der Waals surface area contributed by atoms with Gasteiger partial charge in [0.05, 0.1) is 5.02 Å². The van der Waals surface area contributed by atoms with E-state index in [1.807, 2.05) is 0 Å². The molecular weight excluding hydrogens is 327 g/mol. The molecule has 0 aromatic heterocycles.